The second-order valence-corrected chi connectivity index (χ2v) is 6.28. The van der Waals surface area contributed by atoms with Gasteiger partial charge in [0.2, 0.25) is 5.91 Å². The highest BCUT2D eigenvalue weighted by molar-refractivity contribution is 5.93. The van der Waals surface area contributed by atoms with Crippen molar-refractivity contribution in [3.63, 3.8) is 0 Å². The van der Waals surface area contributed by atoms with E-state index in [1.165, 1.54) is 5.39 Å². The first-order chi connectivity index (χ1) is 12.2. The number of rotatable bonds is 3. The van der Waals surface area contributed by atoms with Crippen LogP contribution in [0, 0.1) is 6.92 Å². The van der Waals surface area contributed by atoms with Gasteiger partial charge in [-0.05, 0) is 0 Å². The average molecular weight is 336 g/mol. The van der Waals surface area contributed by atoms with Crippen LogP contribution in [0.4, 0.5) is 5.69 Å². The number of carbonyl (C=O) groups is 1. The van der Waals surface area contributed by atoms with Gasteiger partial charge < -0.3 is 14.2 Å². The molecule has 0 atom stereocenters. The van der Waals surface area contributed by atoms with Crippen molar-refractivity contribution >= 4 is 22.4 Å². The maximum Gasteiger partial charge on any atom is 0.228 e. The van der Waals surface area contributed by atoms with Gasteiger partial charge in [-0.2, -0.15) is 0 Å². The number of hydrogen-bond acceptors (Lipinski definition) is 5. The summed E-state index contributed by atoms with van der Waals surface area (Å²) in [5.74, 6) is 0.695. The van der Waals surface area contributed by atoms with Crippen molar-refractivity contribution in [2.24, 2.45) is 0 Å². The van der Waals surface area contributed by atoms with Crippen LogP contribution in [-0.2, 0) is 11.2 Å². The lowest BCUT2D eigenvalue weighted by Gasteiger charge is -2.36. The topological polar surface area (TPSA) is 62.5 Å². The second-order valence-electron chi connectivity index (χ2n) is 6.28. The monoisotopic (exact) mass is 336 g/mol. The Balaban J connectivity index is 1.43. The van der Waals surface area contributed by atoms with Crippen LogP contribution >= 0.6 is 0 Å². The molecule has 0 radical (unpaired) electrons. The van der Waals surface area contributed by atoms with Crippen LogP contribution in [0.3, 0.4) is 0 Å². The van der Waals surface area contributed by atoms with Crippen molar-refractivity contribution in [3.05, 3.63) is 54.5 Å². The molecule has 1 amide bonds. The molecule has 1 aliphatic heterocycles. The fourth-order valence-electron chi connectivity index (χ4n) is 3.31. The molecule has 2 aromatic heterocycles. The number of amides is 1. The summed E-state index contributed by atoms with van der Waals surface area (Å²) < 4.78 is 5.17. The average Bonchev–Trinajstić information content (AvgIpc) is 3.06. The zero-order valence-corrected chi connectivity index (χ0v) is 14.2. The van der Waals surface area contributed by atoms with Crippen molar-refractivity contribution in [3.8, 4) is 0 Å². The van der Waals surface area contributed by atoms with Crippen molar-refractivity contribution in [2.45, 2.75) is 13.3 Å². The molecule has 1 fully saturated rings. The van der Waals surface area contributed by atoms with Gasteiger partial charge in [0, 0.05) is 50.1 Å². The van der Waals surface area contributed by atoms with E-state index < -0.39 is 0 Å². The number of anilines is 1. The highest BCUT2D eigenvalue weighted by Gasteiger charge is 2.23. The molecule has 6 nitrogen and oxygen atoms in total. The van der Waals surface area contributed by atoms with Crippen molar-refractivity contribution in [2.75, 3.05) is 31.1 Å². The summed E-state index contributed by atoms with van der Waals surface area (Å²) in [6.07, 6.45) is 5.66. The number of fused-ring (bicyclic) bond motifs is 1. The molecule has 3 heterocycles. The predicted molar refractivity (Wildman–Crippen MR) is 95.5 cm³/mol. The first-order valence-corrected chi connectivity index (χ1v) is 8.47. The number of oxazole rings is 1. The van der Waals surface area contributed by atoms with Gasteiger partial charge in [0.1, 0.15) is 6.26 Å². The lowest BCUT2D eigenvalue weighted by atomic mass is 10.1. The highest BCUT2D eigenvalue weighted by Crippen LogP contribution is 2.26. The van der Waals surface area contributed by atoms with Crippen LogP contribution in [0.15, 0.2) is 47.3 Å². The third-order valence-corrected chi connectivity index (χ3v) is 4.62. The fraction of sp³-hybridized carbons (Fsp3) is 0.316. The summed E-state index contributed by atoms with van der Waals surface area (Å²) in [5, 5.41) is 2.34. The van der Waals surface area contributed by atoms with Crippen LogP contribution in [0.2, 0.25) is 0 Å². The Hall–Kier alpha value is -2.89. The summed E-state index contributed by atoms with van der Waals surface area (Å²) in [5.41, 5.74) is 1.83. The number of aryl methyl sites for hydroxylation is 1. The molecule has 0 spiro atoms. The molecule has 1 aliphatic rings. The van der Waals surface area contributed by atoms with E-state index in [4.69, 9.17) is 4.42 Å². The van der Waals surface area contributed by atoms with Crippen LogP contribution in [0.25, 0.3) is 10.8 Å². The Kier molecular flexibility index (Phi) is 4.09. The molecule has 128 valence electrons. The minimum absolute atomic E-state index is 0.101. The molecule has 0 saturated carbocycles. The molecule has 0 unspecified atom stereocenters. The van der Waals surface area contributed by atoms with Crippen molar-refractivity contribution < 1.29 is 9.21 Å². The first-order valence-electron chi connectivity index (χ1n) is 8.47. The SMILES string of the molecule is Cc1nc(CC(=O)N2CCN(c3cncc4ccccc34)CC2)co1. The van der Waals surface area contributed by atoms with E-state index in [2.05, 4.69) is 27.0 Å². The Bertz CT molecular complexity index is 892. The van der Waals surface area contributed by atoms with Crippen LogP contribution in [0.5, 0.6) is 0 Å². The van der Waals surface area contributed by atoms with E-state index in [-0.39, 0.29) is 5.91 Å². The van der Waals surface area contributed by atoms with Crippen LogP contribution < -0.4 is 4.90 Å². The summed E-state index contributed by atoms with van der Waals surface area (Å²) in [6.45, 7) is 4.81. The van der Waals surface area contributed by atoms with E-state index in [1.807, 2.05) is 29.4 Å². The number of benzene rings is 1. The molecular weight excluding hydrogens is 316 g/mol. The maximum atomic E-state index is 12.4. The highest BCUT2D eigenvalue weighted by atomic mass is 16.3. The molecule has 0 aliphatic carbocycles. The number of carbonyl (C=O) groups excluding carboxylic acids is 1. The quantitative estimate of drug-likeness (QED) is 0.735. The summed E-state index contributed by atoms with van der Waals surface area (Å²) in [7, 11) is 0. The summed E-state index contributed by atoms with van der Waals surface area (Å²) in [4.78, 5) is 25.2. The third kappa shape index (κ3) is 3.20. The Morgan fingerprint density at radius 3 is 2.72 bits per heavy atom. The maximum absolute atomic E-state index is 12.4. The van der Waals surface area contributed by atoms with E-state index in [0.717, 1.165) is 24.2 Å². The third-order valence-electron chi connectivity index (χ3n) is 4.62. The number of hydrogen-bond donors (Lipinski definition) is 0. The minimum atomic E-state index is 0.101. The van der Waals surface area contributed by atoms with Gasteiger partial charge in [-0.15, -0.1) is 0 Å². The van der Waals surface area contributed by atoms with Crippen molar-refractivity contribution in [1.82, 2.24) is 14.9 Å². The largest absolute Gasteiger partial charge is 0.449 e. The Morgan fingerprint density at radius 1 is 1.16 bits per heavy atom. The number of nitrogens with zero attached hydrogens (tertiary/aromatic N) is 4. The van der Waals surface area contributed by atoms with Crippen LogP contribution in [-0.4, -0.2) is 47.0 Å². The molecule has 3 aromatic rings. The lowest BCUT2D eigenvalue weighted by Crippen LogP contribution is -2.49. The molecular formula is C19H20N4O2. The summed E-state index contributed by atoms with van der Waals surface area (Å²) in [6, 6.07) is 8.27. The van der Waals surface area contributed by atoms with E-state index in [9.17, 15) is 4.79 Å². The molecule has 4 rings (SSSR count). The lowest BCUT2D eigenvalue weighted by molar-refractivity contribution is -0.130. The zero-order chi connectivity index (χ0) is 17.2. The van der Waals surface area contributed by atoms with E-state index >= 15 is 0 Å². The van der Waals surface area contributed by atoms with E-state index in [1.54, 1.807) is 13.2 Å². The standard InChI is InChI=1S/C19H20N4O2/c1-14-21-16(13-25-14)10-19(24)23-8-6-22(7-9-23)18-12-20-11-15-4-2-3-5-17(15)18/h2-5,11-13H,6-10H2,1H3. The van der Waals surface area contributed by atoms with Gasteiger partial charge in [-0.25, -0.2) is 4.98 Å². The molecule has 1 saturated heterocycles. The number of piperazine rings is 1. The van der Waals surface area contributed by atoms with Gasteiger partial charge in [0.05, 0.1) is 24.0 Å². The Labute approximate surface area is 146 Å². The van der Waals surface area contributed by atoms with E-state index in [0.29, 0.717) is 31.1 Å². The molecule has 25 heavy (non-hydrogen) atoms. The van der Waals surface area contributed by atoms with Gasteiger partial charge in [0.25, 0.3) is 0 Å². The van der Waals surface area contributed by atoms with Gasteiger partial charge in [0.15, 0.2) is 5.89 Å². The minimum Gasteiger partial charge on any atom is -0.449 e. The fourth-order valence-corrected chi connectivity index (χ4v) is 3.31. The number of pyridine rings is 1. The molecule has 0 N–H and O–H groups in total. The molecule has 6 heteroatoms. The van der Waals surface area contributed by atoms with Gasteiger partial charge in [-0.1, -0.05) is 24.3 Å². The predicted octanol–water partition coefficient (Wildman–Crippen LogP) is 2.42. The number of aromatic nitrogens is 2. The first kappa shape index (κ1) is 15.6. The van der Waals surface area contributed by atoms with Crippen LogP contribution in [0.1, 0.15) is 11.6 Å². The Morgan fingerprint density at radius 2 is 1.96 bits per heavy atom. The smallest absolute Gasteiger partial charge is 0.228 e. The van der Waals surface area contributed by atoms with Gasteiger partial charge >= 0.3 is 0 Å². The van der Waals surface area contributed by atoms with Gasteiger partial charge in [-0.3, -0.25) is 9.78 Å². The molecule has 0 bridgehead atoms. The zero-order valence-electron chi connectivity index (χ0n) is 14.2. The normalized spacial score (nSPS) is 14.9. The summed E-state index contributed by atoms with van der Waals surface area (Å²) >= 11 is 0. The molecule has 1 aromatic carbocycles. The second kappa shape index (κ2) is 6.55. The van der Waals surface area contributed by atoms with Crippen molar-refractivity contribution in [1.29, 1.82) is 0 Å².